The van der Waals surface area contributed by atoms with Crippen LogP contribution in [-0.2, 0) is 43.2 Å². The van der Waals surface area contributed by atoms with Gasteiger partial charge in [0.15, 0.2) is 0 Å². The van der Waals surface area contributed by atoms with E-state index in [1.54, 1.807) is 47.6 Å². The average Bonchev–Trinajstić information content (AvgIpc) is 2.79. The van der Waals surface area contributed by atoms with Crippen LogP contribution in [0.25, 0.3) is 0 Å². The van der Waals surface area contributed by atoms with Crippen LogP contribution in [0.2, 0.25) is 0 Å². The normalized spacial score (nSPS) is 12.2. The molecule has 0 spiro atoms. The van der Waals surface area contributed by atoms with Crippen LogP contribution in [0.3, 0.4) is 0 Å². The molecule has 0 heterocycles. The minimum Gasteiger partial charge on any atom is -0.460 e. The number of ether oxygens (including phenoxy) is 3. The molecule has 1 unspecified atom stereocenters. The number of nitrogens with two attached hydrogens (primary N) is 2. The highest BCUT2D eigenvalue weighted by atomic mass is 16.6. The Morgan fingerprint density at radius 2 is 1.42 bits per heavy atom. The maximum atomic E-state index is 12.8. The van der Waals surface area contributed by atoms with Crippen molar-refractivity contribution in [3.8, 4) is 0 Å². The molecule has 0 radical (unpaired) electrons. The molecule has 38 heavy (non-hydrogen) atoms. The molecule has 1 amide bonds. The van der Waals surface area contributed by atoms with E-state index in [9.17, 15) is 14.4 Å². The molecular formula is C30H42N2O6. The fraction of sp³-hybridized carbons (Fsp3) is 0.433. The van der Waals surface area contributed by atoms with E-state index in [2.05, 4.69) is 4.74 Å². The van der Waals surface area contributed by atoms with Gasteiger partial charge in [-0.25, -0.2) is 9.59 Å². The standard InChI is InChI=1S/C25H31NO4.C5H11NO2/c1-25(2,3)30-23(27)13-12-22(17-21-11-7-10-19(16-21)14-15-26)24(28)29-18-20-8-5-4-6-9-20;1-5(2,3)8-4(6)7/h4-13,16,22H,14-15,17-18,26H2,1-3H3;1-3H3,(H2,6,7)/b13-12+;. The van der Waals surface area contributed by atoms with Gasteiger partial charge in [-0.05, 0) is 77.6 Å². The SMILES string of the molecule is CC(C)(C)OC(=O)/C=C/C(Cc1cccc(CCN)c1)C(=O)OCc1ccccc1.CC(C)(C)OC(N)=O. The molecule has 0 fully saturated rings. The largest absolute Gasteiger partial charge is 0.460 e. The summed E-state index contributed by atoms with van der Waals surface area (Å²) in [6, 6.07) is 17.4. The molecule has 0 saturated heterocycles. The Balaban J connectivity index is 0.000000781. The van der Waals surface area contributed by atoms with Crippen LogP contribution in [0.5, 0.6) is 0 Å². The van der Waals surface area contributed by atoms with Crippen molar-refractivity contribution in [2.75, 3.05) is 6.54 Å². The second-order valence-electron chi connectivity index (χ2n) is 10.7. The van der Waals surface area contributed by atoms with Gasteiger partial charge in [0.2, 0.25) is 0 Å². The first-order chi connectivity index (χ1) is 17.7. The highest BCUT2D eigenvalue weighted by Crippen LogP contribution is 2.16. The number of primary amides is 1. The third-order valence-electron chi connectivity index (χ3n) is 4.68. The Kier molecular flexibility index (Phi) is 13.3. The maximum Gasteiger partial charge on any atom is 0.405 e. The second kappa shape index (κ2) is 15.6. The van der Waals surface area contributed by atoms with Gasteiger partial charge in [-0.15, -0.1) is 0 Å². The van der Waals surface area contributed by atoms with E-state index in [4.69, 9.17) is 20.9 Å². The molecule has 8 nitrogen and oxygen atoms in total. The first kappa shape index (κ1) is 32.4. The van der Waals surface area contributed by atoms with Crippen molar-refractivity contribution in [1.82, 2.24) is 0 Å². The van der Waals surface area contributed by atoms with Gasteiger partial charge in [0, 0.05) is 6.08 Å². The summed E-state index contributed by atoms with van der Waals surface area (Å²) in [6.07, 6.45) is 3.34. The second-order valence-corrected chi connectivity index (χ2v) is 10.7. The van der Waals surface area contributed by atoms with Gasteiger partial charge in [-0.2, -0.15) is 0 Å². The van der Waals surface area contributed by atoms with E-state index in [0.717, 1.165) is 23.1 Å². The lowest BCUT2D eigenvalue weighted by Gasteiger charge is -2.18. The van der Waals surface area contributed by atoms with Crippen molar-refractivity contribution in [2.24, 2.45) is 17.4 Å². The summed E-state index contributed by atoms with van der Waals surface area (Å²) in [7, 11) is 0. The maximum absolute atomic E-state index is 12.8. The van der Waals surface area contributed by atoms with Gasteiger partial charge in [0.25, 0.3) is 0 Å². The molecule has 0 saturated carbocycles. The number of rotatable bonds is 9. The number of amides is 1. The number of carbonyl (C=O) groups excluding carboxylic acids is 3. The van der Waals surface area contributed by atoms with Crippen molar-refractivity contribution in [3.05, 3.63) is 83.4 Å². The quantitative estimate of drug-likeness (QED) is 0.271. The number of hydrogen-bond donors (Lipinski definition) is 2. The summed E-state index contributed by atoms with van der Waals surface area (Å²) in [6.45, 7) is 11.4. The summed E-state index contributed by atoms with van der Waals surface area (Å²) in [5.74, 6) is -1.47. The Labute approximate surface area is 226 Å². The summed E-state index contributed by atoms with van der Waals surface area (Å²) in [5.41, 5.74) is 12.3. The Bertz CT molecular complexity index is 1050. The van der Waals surface area contributed by atoms with Crippen LogP contribution < -0.4 is 11.5 Å². The molecule has 0 aliphatic carbocycles. The van der Waals surface area contributed by atoms with E-state index in [1.807, 2.05) is 54.6 Å². The van der Waals surface area contributed by atoms with Crippen molar-refractivity contribution >= 4 is 18.0 Å². The molecule has 8 heteroatoms. The van der Waals surface area contributed by atoms with Gasteiger partial charge < -0.3 is 25.7 Å². The van der Waals surface area contributed by atoms with Gasteiger partial charge in [0.1, 0.15) is 17.8 Å². The summed E-state index contributed by atoms with van der Waals surface area (Å²) < 4.78 is 15.4. The molecule has 0 aliphatic heterocycles. The predicted octanol–water partition coefficient (Wildman–Crippen LogP) is 4.87. The Hall–Kier alpha value is -3.65. The highest BCUT2D eigenvalue weighted by molar-refractivity contribution is 5.84. The van der Waals surface area contributed by atoms with Crippen LogP contribution in [0.1, 0.15) is 58.2 Å². The molecule has 2 aromatic carbocycles. The van der Waals surface area contributed by atoms with E-state index in [-0.39, 0.29) is 12.6 Å². The minimum atomic E-state index is -0.725. The van der Waals surface area contributed by atoms with E-state index < -0.39 is 29.2 Å². The molecule has 0 bridgehead atoms. The molecule has 0 aromatic heterocycles. The van der Waals surface area contributed by atoms with Gasteiger partial charge in [-0.3, -0.25) is 4.79 Å². The van der Waals surface area contributed by atoms with Crippen molar-refractivity contribution in [2.45, 2.75) is 72.2 Å². The lowest BCUT2D eigenvalue weighted by atomic mass is 9.96. The number of hydrogen-bond acceptors (Lipinski definition) is 7. The first-order valence-corrected chi connectivity index (χ1v) is 12.6. The predicted molar refractivity (Wildman–Crippen MR) is 148 cm³/mol. The average molecular weight is 527 g/mol. The number of esters is 2. The van der Waals surface area contributed by atoms with Gasteiger partial charge in [0.05, 0.1) is 5.92 Å². The lowest BCUT2D eigenvalue weighted by molar-refractivity contribution is -0.148. The third-order valence-corrected chi connectivity index (χ3v) is 4.68. The van der Waals surface area contributed by atoms with Gasteiger partial charge >= 0.3 is 18.0 Å². The topological polar surface area (TPSA) is 131 Å². The summed E-state index contributed by atoms with van der Waals surface area (Å²) >= 11 is 0. The summed E-state index contributed by atoms with van der Waals surface area (Å²) in [5, 5.41) is 0. The number of benzene rings is 2. The highest BCUT2D eigenvalue weighted by Gasteiger charge is 2.20. The van der Waals surface area contributed by atoms with E-state index in [0.29, 0.717) is 13.0 Å². The van der Waals surface area contributed by atoms with E-state index in [1.165, 1.54) is 6.08 Å². The van der Waals surface area contributed by atoms with E-state index >= 15 is 0 Å². The molecule has 208 valence electrons. The van der Waals surface area contributed by atoms with Crippen molar-refractivity contribution in [1.29, 1.82) is 0 Å². The summed E-state index contributed by atoms with van der Waals surface area (Å²) in [4.78, 5) is 34.9. The lowest BCUT2D eigenvalue weighted by Crippen LogP contribution is -2.27. The molecule has 2 rings (SSSR count). The zero-order chi connectivity index (χ0) is 28.8. The van der Waals surface area contributed by atoms with Crippen molar-refractivity contribution in [3.63, 3.8) is 0 Å². The Morgan fingerprint density at radius 1 is 0.842 bits per heavy atom. The molecule has 1 atom stereocenters. The molecule has 2 aromatic rings. The zero-order valence-electron chi connectivity index (χ0n) is 23.4. The minimum absolute atomic E-state index is 0.184. The van der Waals surface area contributed by atoms with Crippen LogP contribution in [-0.4, -0.2) is 35.8 Å². The first-order valence-electron chi connectivity index (χ1n) is 12.6. The van der Waals surface area contributed by atoms with Crippen LogP contribution >= 0.6 is 0 Å². The number of carbonyl (C=O) groups is 3. The molecule has 0 aliphatic rings. The fourth-order valence-electron chi connectivity index (χ4n) is 3.23. The van der Waals surface area contributed by atoms with Crippen LogP contribution in [0.4, 0.5) is 4.79 Å². The smallest absolute Gasteiger partial charge is 0.405 e. The van der Waals surface area contributed by atoms with Crippen LogP contribution in [0.15, 0.2) is 66.7 Å². The molecular weight excluding hydrogens is 484 g/mol. The van der Waals surface area contributed by atoms with Gasteiger partial charge in [-0.1, -0.05) is 60.7 Å². The van der Waals surface area contributed by atoms with Crippen LogP contribution in [0, 0.1) is 5.92 Å². The van der Waals surface area contributed by atoms with Crippen molar-refractivity contribution < 1.29 is 28.6 Å². The zero-order valence-corrected chi connectivity index (χ0v) is 23.4. The third kappa shape index (κ3) is 15.5. The monoisotopic (exact) mass is 526 g/mol. The molecule has 4 N–H and O–H groups in total. The Morgan fingerprint density at radius 3 is 1.95 bits per heavy atom. The fourth-order valence-corrected chi connectivity index (χ4v) is 3.23.